The lowest BCUT2D eigenvalue weighted by Gasteiger charge is -2.36. The van der Waals surface area contributed by atoms with Crippen molar-refractivity contribution in [3.05, 3.63) is 46.1 Å². The van der Waals surface area contributed by atoms with Crippen LogP contribution in [-0.2, 0) is 25.6 Å². The standard InChI is InChI=1S/C27H33F3N6OS/c1-4-34-10-9-18-21(16-34)38-25-23(18)24(32-22(33-25)15-17(2)3)35-11-13-36(14-12-35)26(37)31-20-8-6-5-7-19(20)27(28,29)30/h5-8,17H,4,9-16H2,1-3H3,(H,31,37). The minimum absolute atomic E-state index is 0.228. The predicted molar refractivity (Wildman–Crippen MR) is 145 cm³/mol. The second kappa shape index (κ2) is 10.7. The molecule has 5 rings (SSSR count). The van der Waals surface area contributed by atoms with Crippen molar-refractivity contribution in [2.45, 2.75) is 46.3 Å². The average Bonchev–Trinajstić information content (AvgIpc) is 3.25. The molecule has 7 nitrogen and oxygen atoms in total. The van der Waals surface area contributed by atoms with Crippen LogP contribution in [0.2, 0.25) is 0 Å². The van der Waals surface area contributed by atoms with Gasteiger partial charge in [0.05, 0.1) is 16.6 Å². The minimum atomic E-state index is -4.54. The second-order valence-electron chi connectivity index (χ2n) is 10.3. The summed E-state index contributed by atoms with van der Waals surface area (Å²) in [6.07, 6.45) is -2.79. The maximum absolute atomic E-state index is 13.4. The Balaban J connectivity index is 1.37. The van der Waals surface area contributed by atoms with E-state index in [9.17, 15) is 18.0 Å². The summed E-state index contributed by atoms with van der Waals surface area (Å²) in [6, 6.07) is 4.53. The molecule has 1 fully saturated rings. The number of piperazine rings is 1. The van der Waals surface area contributed by atoms with Crippen LogP contribution in [0.1, 0.15) is 42.6 Å². The van der Waals surface area contributed by atoms with Gasteiger partial charge in [-0.3, -0.25) is 4.90 Å². The Bertz CT molecular complexity index is 1320. The summed E-state index contributed by atoms with van der Waals surface area (Å²) in [4.78, 5) is 31.4. The second-order valence-corrected chi connectivity index (χ2v) is 11.4. The van der Waals surface area contributed by atoms with Gasteiger partial charge in [0.1, 0.15) is 16.5 Å². The highest BCUT2D eigenvalue weighted by Gasteiger charge is 2.34. The zero-order valence-corrected chi connectivity index (χ0v) is 22.8. The topological polar surface area (TPSA) is 64.6 Å². The molecule has 38 heavy (non-hydrogen) atoms. The number of carbonyl (C=O) groups excluding carboxylic acids is 1. The molecule has 2 aromatic heterocycles. The highest BCUT2D eigenvalue weighted by Crippen LogP contribution is 2.39. The van der Waals surface area contributed by atoms with Crippen molar-refractivity contribution < 1.29 is 18.0 Å². The van der Waals surface area contributed by atoms with Crippen molar-refractivity contribution in [2.24, 2.45) is 5.92 Å². The summed E-state index contributed by atoms with van der Waals surface area (Å²) in [7, 11) is 0. The Morgan fingerprint density at radius 2 is 1.84 bits per heavy atom. The number of urea groups is 1. The molecule has 204 valence electrons. The number of likely N-dealkylation sites (N-methyl/N-ethyl adjacent to an activating group) is 1. The molecule has 11 heteroatoms. The monoisotopic (exact) mass is 546 g/mol. The molecule has 2 aliphatic rings. The summed E-state index contributed by atoms with van der Waals surface area (Å²) in [5.41, 5.74) is 0.260. The van der Waals surface area contributed by atoms with Crippen LogP contribution >= 0.6 is 11.3 Å². The Hall–Kier alpha value is -2.92. The predicted octanol–water partition coefficient (Wildman–Crippen LogP) is 5.64. The number of amides is 2. The third-order valence-electron chi connectivity index (χ3n) is 7.19. The van der Waals surface area contributed by atoms with Crippen LogP contribution in [0.3, 0.4) is 0 Å². The summed E-state index contributed by atoms with van der Waals surface area (Å²) >= 11 is 1.76. The van der Waals surface area contributed by atoms with E-state index >= 15 is 0 Å². The molecule has 4 heterocycles. The van der Waals surface area contributed by atoms with Crippen LogP contribution in [0.25, 0.3) is 10.2 Å². The summed E-state index contributed by atoms with van der Waals surface area (Å²) in [5.74, 6) is 2.18. The molecule has 0 radical (unpaired) electrons. The van der Waals surface area contributed by atoms with Gasteiger partial charge in [0, 0.05) is 50.6 Å². The van der Waals surface area contributed by atoms with Gasteiger partial charge in [-0.1, -0.05) is 32.9 Å². The van der Waals surface area contributed by atoms with E-state index in [1.165, 1.54) is 28.6 Å². The lowest BCUT2D eigenvalue weighted by atomic mass is 10.0. The SMILES string of the molecule is CCN1CCc2c(sc3nc(CC(C)C)nc(N4CCN(C(=O)Nc5ccccc5C(F)(F)F)CC4)c23)C1. The van der Waals surface area contributed by atoms with E-state index in [0.717, 1.165) is 60.4 Å². The third kappa shape index (κ3) is 5.44. The molecular formula is C27H33F3N6OS. The van der Waals surface area contributed by atoms with E-state index in [1.807, 2.05) is 0 Å². The summed E-state index contributed by atoms with van der Waals surface area (Å²) in [5, 5.41) is 3.60. The van der Waals surface area contributed by atoms with Crippen LogP contribution < -0.4 is 10.2 Å². The molecule has 0 bridgehead atoms. The number of hydrogen-bond acceptors (Lipinski definition) is 6. The number of nitrogens with one attached hydrogen (secondary N) is 1. The highest BCUT2D eigenvalue weighted by atomic mass is 32.1. The lowest BCUT2D eigenvalue weighted by Crippen LogP contribution is -2.50. The first-order valence-electron chi connectivity index (χ1n) is 13.1. The van der Waals surface area contributed by atoms with Gasteiger partial charge >= 0.3 is 12.2 Å². The lowest BCUT2D eigenvalue weighted by molar-refractivity contribution is -0.136. The summed E-state index contributed by atoms with van der Waals surface area (Å²) < 4.78 is 40.1. The molecule has 1 saturated heterocycles. The Labute approximate surface area is 224 Å². The number of anilines is 2. The smallest absolute Gasteiger partial charge is 0.352 e. The van der Waals surface area contributed by atoms with Gasteiger partial charge in [-0.25, -0.2) is 14.8 Å². The molecule has 0 aliphatic carbocycles. The molecule has 0 unspecified atom stereocenters. The number of para-hydroxylation sites is 1. The van der Waals surface area contributed by atoms with Gasteiger partial charge in [0.15, 0.2) is 0 Å². The number of halogens is 3. The van der Waals surface area contributed by atoms with Crippen molar-refractivity contribution in [3.63, 3.8) is 0 Å². The fourth-order valence-electron chi connectivity index (χ4n) is 5.18. The van der Waals surface area contributed by atoms with Crippen molar-refractivity contribution in [1.29, 1.82) is 0 Å². The Kier molecular flexibility index (Phi) is 7.50. The number of alkyl halides is 3. The molecule has 1 N–H and O–H groups in total. The largest absolute Gasteiger partial charge is 0.418 e. The summed E-state index contributed by atoms with van der Waals surface area (Å²) in [6.45, 7) is 11.3. The molecule has 0 saturated carbocycles. The zero-order valence-electron chi connectivity index (χ0n) is 21.9. The van der Waals surface area contributed by atoms with E-state index < -0.39 is 17.8 Å². The first-order chi connectivity index (χ1) is 18.1. The normalized spacial score (nSPS) is 16.8. The van der Waals surface area contributed by atoms with E-state index in [4.69, 9.17) is 9.97 Å². The van der Waals surface area contributed by atoms with Gasteiger partial charge < -0.3 is 15.1 Å². The number of carbonyl (C=O) groups is 1. The molecule has 2 aliphatic heterocycles. The third-order valence-corrected chi connectivity index (χ3v) is 8.30. The molecule has 0 atom stereocenters. The van der Waals surface area contributed by atoms with Crippen molar-refractivity contribution >= 4 is 39.1 Å². The van der Waals surface area contributed by atoms with Crippen LogP contribution in [0.15, 0.2) is 24.3 Å². The quantitative estimate of drug-likeness (QED) is 0.449. The maximum atomic E-state index is 13.4. The Morgan fingerprint density at radius 1 is 1.11 bits per heavy atom. The molecule has 0 spiro atoms. The number of fused-ring (bicyclic) bond motifs is 3. The Morgan fingerprint density at radius 3 is 2.53 bits per heavy atom. The van der Waals surface area contributed by atoms with Crippen LogP contribution in [0, 0.1) is 5.92 Å². The average molecular weight is 547 g/mol. The molecule has 1 aromatic carbocycles. The van der Waals surface area contributed by atoms with Gasteiger partial charge in [0.25, 0.3) is 0 Å². The number of benzene rings is 1. The zero-order chi connectivity index (χ0) is 27.0. The van der Waals surface area contributed by atoms with Gasteiger partial charge in [-0.05, 0) is 36.6 Å². The van der Waals surface area contributed by atoms with Gasteiger partial charge in [0.2, 0.25) is 0 Å². The van der Waals surface area contributed by atoms with Gasteiger partial charge in [-0.2, -0.15) is 13.2 Å². The number of nitrogens with zero attached hydrogens (tertiary/aromatic N) is 5. The number of thiophene rings is 1. The van der Waals surface area contributed by atoms with Crippen molar-refractivity contribution in [1.82, 2.24) is 19.8 Å². The first-order valence-corrected chi connectivity index (χ1v) is 14.0. The van der Waals surface area contributed by atoms with E-state index in [-0.39, 0.29) is 5.69 Å². The number of hydrogen-bond donors (Lipinski definition) is 1. The highest BCUT2D eigenvalue weighted by molar-refractivity contribution is 7.19. The van der Waals surface area contributed by atoms with Crippen LogP contribution in [0.4, 0.5) is 29.5 Å². The number of rotatable bonds is 5. The van der Waals surface area contributed by atoms with Crippen molar-refractivity contribution in [2.75, 3.05) is 49.5 Å². The van der Waals surface area contributed by atoms with Crippen molar-refractivity contribution in [3.8, 4) is 0 Å². The van der Waals surface area contributed by atoms with E-state index in [1.54, 1.807) is 16.2 Å². The van der Waals surface area contributed by atoms with Crippen LogP contribution in [0.5, 0.6) is 0 Å². The minimum Gasteiger partial charge on any atom is -0.352 e. The van der Waals surface area contributed by atoms with E-state index in [0.29, 0.717) is 32.1 Å². The van der Waals surface area contributed by atoms with E-state index in [2.05, 4.69) is 35.9 Å². The maximum Gasteiger partial charge on any atom is 0.418 e. The molecular weight excluding hydrogens is 513 g/mol. The number of aromatic nitrogens is 2. The fraction of sp³-hybridized carbons (Fsp3) is 0.519. The molecule has 2 amide bonds. The fourth-order valence-corrected chi connectivity index (χ4v) is 6.46. The first kappa shape index (κ1) is 26.7. The van der Waals surface area contributed by atoms with Gasteiger partial charge in [-0.15, -0.1) is 11.3 Å². The molecule has 3 aromatic rings. The van der Waals surface area contributed by atoms with Crippen LogP contribution in [-0.4, -0.2) is 65.1 Å².